The molecule has 0 bridgehead atoms. The van der Waals surface area contributed by atoms with E-state index in [1.807, 2.05) is 6.92 Å². The second kappa shape index (κ2) is 5.66. The second-order valence-electron chi connectivity index (χ2n) is 3.70. The van der Waals surface area contributed by atoms with Crippen molar-refractivity contribution < 1.29 is 0 Å². The van der Waals surface area contributed by atoms with Crippen molar-refractivity contribution in [1.82, 2.24) is 15.2 Å². The molecule has 1 heterocycles. The maximum atomic E-state index is 4.34. The van der Waals surface area contributed by atoms with E-state index >= 15 is 0 Å². The van der Waals surface area contributed by atoms with Crippen molar-refractivity contribution in [3.63, 3.8) is 0 Å². The Morgan fingerprint density at radius 3 is 2.64 bits per heavy atom. The van der Waals surface area contributed by atoms with E-state index < -0.39 is 0 Å². The monoisotopic (exact) mass is 231 g/mol. The predicted octanol–water partition coefficient (Wildman–Crippen LogP) is 2.41. The van der Waals surface area contributed by atoms with Crippen molar-refractivity contribution in [2.75, 3.05) is 11.5 Å². The summed E-state index contributed by atoms with van der Waals surface area (Å²) in [7, 11) is 0. The lowest BCUT2D eigenvalue weighted by molar-refractivity contribution is 0.473. The van der Waals surface area contributed by atoms with Crippen LogP contribution >= 0.6 is 24.4 Å². The van der Waals surface area contributed by atoms with Gasteiger partial charge in [0.25, 0.3) is 0 Å². The molecule has 0 amide bonds. The van der Waals surface area contributed by atoms with Gasteiger partial charge in [-0.15, -0.1) is 5.10 Å². The van der Waals surface area contributed by atoms with Gasteiger partial charge in [0.15, 0.2) is 0 Å². The van der Waals surface area contributed by atoms with E-state index in [9.17, 15) is 0 Å². The van der Waals surface area contributed by atoms with Crippen LogP contribution < -0.4 is 0 Å². The average molecular weight is 231 g/mol. The predicted molar refractivity (Wildman–Crippen MR) is 64.0 cm³/mol. The number of hydrogen-bond acceptors (Lipinski definition) is 4. The van der Waals surface area contributed by atoms with Gasteiger partial charge in [-0.2, -0.15) is 12.6 Å². The van der Waals surface area contributed by atoms with E-state index in [-0.39, 0.29) is 0 Å². The van der Waals surface area contributed by atoms with E-state index in [1.54, 1.807) is 11.8 Å². The van der Waals surface area contributed by atoms with Crippen LogP contribution in [-0.4, -0.2) is 26.7 Å². The number of aromatic amines is 1. The molecule has 0 spiro atoms. The van der Waals surface area contributed by atoms with Crippen molar-refractivity contribution >= 4 is 24.4 Å². The minimum Gasteiger partial charge on any atom is -0.262 e. The van der Waals surface area contributed by atoms with Crippen LogP contribution in [0.1, 0.15) is 19.7 Å². The molecule has 0 aliphatic heterocycles. The maximum Gasteiger partial charge on any atom is 0.208 e. The van der Waals surface area contributed by atoms with Crippen LogP contribution in [0.4, 0.5) is 0 Å². The first-order chi connectivity index (χ1) is 6.63. The summed E-state index contributed by atoms with van der Waals surface area (Å²) in [6, 6.07) is 0. The third-order valence-corrected chi connectivity index (χ3v) is 3.69. The summed E-state index contributed by atoms with van der Waals surface area (Å²) in [4.78, 5) is 4.25. The van der Waals surface area contributed by atoms with Crippen LogP contribution in [0.5, 0.6) is 0 Å². The fourth-order valence-electron chi connectivity index (χ4n) is 1.02. The van der Waals surface area contributed by atoms with Gasteiger partial charge in [0.2, 0.25) is 5.16 Å². The molecule has 1 atom stereocenters. The number of thioether (sulfide) groups is 1. The zero-order valence-electron chi connectivity index (χ0n) is 8.82. The largest absolute Gasteiger partial charge is 0.262 e. The van der Waals surface area contributed by atoms with Crippen molar-refractivity contribution in [2.24, 2.45) is 11.8 Å². The van der Waals surface area contributed by atoms with Gasteiger partial charge in [-0.3, -0.25) is 5.10 Å². The normalized spacial score (nSPS) is 13.5. The lowest BCUT2D eigenvalue weighted by Crippen LogP contribution is -2.13. The molecule has 3 nitrogen and oxygen atoms in total. The summed E-state index contributed by atoms with van der Waals surface area (Å²) in [6.07, 6.45) is 0. The topological polar surface area (TPSA) is 41.6 Å². The molecule has 0 aromatic carbocycles. The van der Waals surface area contributed by atoms with E-state index in [2.05, 4.69) is 41.7 Å². The lowest BCUT2D eigenvalue weighted by atomic mass is 10.0. The molecule has 0 saturated carbocycles. The number of aryl methyl sites for hydroxylation is 1. The van der Waals surface area contributed by atoms with E-state index in [0.717, 1.165) is 22.5 Å². The molecule has 0 radical (unpaired) electrons. The first kappa shape index (κ1) is 11.9. The van der Waals surface area contributed by atoms with Crippen LogP contribution in [0.15, 0.2) is 5.16 Å². The molecule has 0 aliphatic rings. The molecule has 1 N–H and O–H groups in total. The summed E-state index contributed by atoms with van der Waals surface area (Å²) in [6.45, 7) is 6.37. The van der Waals surface area contributed by atoms with Crippen molar-refractivity contribution in [2.45, 2.75) is 25.9 Å². The Bertz CT molecular complexity index is 273. The highest BCUT2D eigenvalue weighted by molar-refractivity contribution is 7.99. The van der Waals surface area contributed by atoms with Crippen LogP contribution in [-0.2, 0) is 0 Å². The molecule has 80 valence electrons. The number of thiol groups is 1. The Morgan fingerprint density at radius 2 is 2.21 bits per heavy atom. The molecule has 0 fully saturated rings. The van der Waals surface area contributed by atoms with Crippen molar-refractivity contribution in [3.8, 4) is 0 Å². The fraction of sp³-hybridized carbons (Fsp3) is 0.778. The molecular weight excluding hydrogens is 214 g/mol. The zero-order valence-corrected chi connectivity index (χ0v) is 10.5. The highest BCUT2D eigenvalue weighted by Crippen LogP contribution is 2.22. The van der Waals surface area contributed by atoms with Crippen molar-refractivity contribution in [1.29, 1.82) is 0 Å². The molecule has 5 heteroatoms. The number of nitrogens with zero attached hydrogens (tertiary/aromatic N) is 2. The molecular formula is C9H17N3S2. The molecule has 1 aromatic rings. The SMILES string of the molecule is Cc1nc(SCC(CS)C(C)C)n[nH]1. The summed E-state index contributed by atoms with van der Waals surface area (Å²) in [5.74, 6) is 4.13. The van der Waals surface area contributed by atoms with E-state index in [0.29, 0.717) is 11.8 Å². The number of nitrogens with one attached hydrogen (secondary N) is 1. The van der Waals surface area contributed by atoms with Gasteiger partial charge in [0, 0.05) is 5.75 Å². The van der Waals surface area contributed by atoms with Crippen LogP contribution in [0.2, 0.25) is 0 Å². The van der Waals surface area contributed by atoms with Gasteiger partial charge < -0.3 is 0 Å². The average Bonchev–Trinajstić information content (AvgIpc) is 2.52. The third kappa shape index (κ3) is 3.53. The van der Waals surface area contributed by atoms with Crippen LogP contribution in [0.3, 0.4) is 0 Å². The Kier molecular flexibility index (Phi) is 4.81. The first-order valence-corrected chi connectivity index (χ1v) is 6.38. The minimum absolute atomic E-state index is 0.627. The summed E-state index contributed by atoms with van der Waals surface area (Å²) in [5, 5.41) is 7.76. The first-order valence-electron chi connectivity index (χ1n) is 4.76. The second-order valence-corrected chi connectivity index (χ2v) is 5.05. The van der Waals surface area contributed by atoms with Gasteiger partial charge in [0.05, 0.1) is 0 Å². The summed E-state index contributed by atoms with van der Waals surface area (Å²) < 4.78 is 0. The summed E-state index contributed by atoms with van der Waals surface area (Å²) in [5.41, 5.74) is 0. The highest BCUT2D eigenvalue weighted by atomic mass is 32.2. The molecule has 1 unspecified atom stereocenters. The van der Waals surface area contributed by atoms with Crippen molar-refractivity contribution in [3.05, 3.63) is 5.82 Å². The zero-order chi connectivity index (χ0) is 10.6. The molecule has 0 saturated heterocycles. The minimum atomic E-state index is 0.627. The van der Waals surface area contributed by atoms with Gasteiger partial charge in [-0.05, 0) is 24.5 Å². The Morgan fingerprint density at radius 1 is 1.50 bits per heavy atom. The standard InChI is InChI=1S/C9H17N3S2/c1-6(2)8(4-13)5-14-9-10-7(3)11-12-9/h6,8,13H,4-5H2,1-3H3,(H,10,11,12). The van der Waals surface area contributed by atoms with Gasteiger partial charge >= 0.3 is 0 Å². The molecule has 1 rings (SSSR count). The molecule has 1 aromatic heterocycles. The van der Waals surface area contributed by atoms with Gasteiger partial charge in [0.1, 0.15) is 5.82 Å². The number of H-pyrrole nitrogens is 1. The lowest BCUT2D eigenvalue weighted by Gasteiger charge is -2.16. The third-order valence-electron chi connectivity index (χ3n) is 2.18. The van der Waals surface area contributed by atoms with Crippen LogP contribution in [0.25, 0.3) is 0 Å². The number of aromatic nitrogens is 3. The van der Waals surface area contributed by atoms with Crippen LogP contribution in [0, 0.1) is 18.8 Å². The number of hydrogen-bond donors (Lipinski definition) is 2. The quantitative estimate of drug-likeness (QED) is 0.604. The molecule has 0 aliphatic carbocycles. The smallest absolute Gasteiger partial charge is 0.208 e. The Hall–Kier alpha value is -0.160. The summed E-state index contributed by atoms with van der Waals surface area (Å²) >= 11 is 6.04. The highest BCUT2D eigenvalue weighted by Gasteiger charge is 2.13. The number of rotatable bonds is 5. The fourth-order valence-corrected chi connectivity index (χ4v) is 2.93. The van der Waals surface area contributed by atoms with Gasteiger partial charge in [-0.25, -0.2) is 4.98 Å². The molecule has 14 heavy (non-hydrogen) atoms. The Balaban J connectivity index is 2.39. The van der Waals surface area contributed by atoms with E-state index in [4.69, 9.17) is 0 Å². The van der Waals surface area contributed by atoms with E-state index in [1.165, 1.54) is 0 Å². The van der Waals surface area contributed by atoms with Gasteiger partial charge in [-0.1, -0.05) is 25.6 Å². The Labute approximate surface area is 94.9 Å². The maximum absolute atomic E-state index is 4.34.